The largest absolute Gasteiger partial charge is 0.309 e. The van der Waals surface area contributed by atoms with E-state index in [2.05, 4.69) is 63.9 Å². The topological polar surface area (TPSA) is 19.4 Å². The predicted molar refractivity (Wildman–Crippen MR) is 76.1 cm³/mol. The summed E-state index contributed by atoms with van der Waals surface area (Å²) < 4.78 is 1.04. The van der Waals surface area contributed by atoms with E-state index in [1.165, 1.54) is 6.42 Å². The average molecular weight is 300 g/mol. The molecule has 1 aromatic rings. The van der Waals surface area contributed by atoms with Gasteiger partial charge in [0.25, 0.3) is 0 Å². The minimum atomic E-state index is 0.942. The van der Waals surface area contributed by atoms with Gasteiger partial charge >= 0.3 is 0 Å². The summed E-state index contributed by atoms with van der Waals surface area (Å²) >= 11 is 3.40. The Labute approximate surface area is 113 Å². The second-order valence-corrected chi connectivity index (χ2v) is 5.41. The van der Waals surface area contributed by atoms with Crippen molar-refractivity contribution in [2.24, 2.45) is 0 Å². The minimum Gasteiger partial charge on any atom is -0.309 e. The van der Waals surface area contributed by atoms with Crippen molar-refractivity contribution in [2.75, 3.05) is 33.7 Å². The summed E-state index contributed by atoms with van der Waals surface area (Å²) in [5.41, 5.74) is 1.14. The Morgan fingerprint density at radius 1 is 1.24 bits per heavy atom. The molecular formula is C13H22BrN3. The molecule has 0 radical (unpaired) electrons. The first-order valence-corrected chi connectivity index (χ1v) is 6.88. The molecule has 0 spiro atoms. The zero-order valence-corrected chi connectivity index (χ0v) is 12.6. The van der Waals surface area contributed by atoms with Crippen LogP contribution in [-0.2, 0) is 6.54 Å². The Morgan fingerprint density at radius 3 is 2.53 bits per heavy atom. The molecule has 1 rings (SSSR count). The summed E-state index contributed by atoms with van der Waals surface area (Å²) in [6.45, 7) is 6.49. The number of pyridine rings is 1. The summed E-state index contributed by atoms with van der Waals surface area (Å²) in [4.78, 5) is 9.07. The van der Waals surface area contributed by atoms with Crippen molar-refractivity contribution in [1.82, 2.24) is 14.8 Å². The van der Waals surface area contributed by atoms with Crippen LogP contribution >= 0.6 is 15.9 Å². The van der Waals surface area contributed by atoms with E-state index >= 15 is 0 Å². The van der Waals surface area contributed by atoms with Crippen molar-refractivity contribution in [2.45, 2.75) is 19.9 Å². The van der Waals surface area contributed by atoms with Gasteiger partial charge in [-0.25, -0.2) is 0 Å². The van der Waals surface area contributed by atoms with E-state index in [1.807, 2.05) is 6.20 Å². The lowest BCUT2D eigenvalue weighted by atomic mass is 10.3. The van der Waals surface area contributed by atoms with Gasteiger partial charge in [0.1, 0.15) is 0 Å². The third-order valence-corrected chi connectivity index (χ3v) is 3.17. The zero-order valence-electron chi connectivity index (χ0n) is 11.0. The van der Waals surface area contributed by atoms with Crippen LogP contribution in [-0.4, -0.2) is 48.5 Å². The van der Waals surface area contributed by atoms with Gasteiger partial charge in [0.05, 0.1) is 5.69 Å². The van der Waals surface area contributed by atoms with Gasteiger partial charge in [-0.1, -0.05) is 6.92 Å². The van der Waals surface area contributed by atoms with Crippen LogP contribution in [0.1, 0.15) is 19.0 Å². The molecule has 0 N–H and O–H groups in total. The molecule has 0 fully saturated rings. The van der Waals surface area contributed by atoms with Crippen LogP contribution in [0.3, 0.4) is 0 Å². The summed E-state index contributed by atoms with van der Waals surface area (Å²) in [5.74, 6) is 0. The minimum absolute atomic E-state index is 0.942. The lowest BCUT2D eigenvalue weighted by molar-refractivity contribution is 0.256. The second kappa shape index (κ2) is 7.80. The third kappa shape index (κ3) is 6.15. The van der Waals surface area contributed by atoms with Crippen molar-refractivity contribution >= 4 is 15.9 Å². The molecule has 0 bridgehead atoms. The fourth-order valence-corrected chi connectivity index (χ4v) is 1.92. The van der Waals surface area contributed by atoms with E-state index in [0.29, 0.717) is 0 Å². The lowest BCUT2D eigenvalue weighted by Crippen LogP contribution is -2.27. The Balaban J connectivity index is 2.38. The van der Waals surface area contributed by atoms with Gasteiger partial charge in [0.2, 0.25) is 0 Å². The SMILES string of the molecule is CCN(CCCN(C)C)Cc1ccc(Br)cn1. The van der Waals surface area contributed by atoms with Gasteiger partial charge < -0.3 is 4.90 Å². The van der Waals surface area contributed by atoms with Crippen LogP contribution in [0.2, 0.25) is 0 Å². The number of halogens is 1. The molecule has 0 aromatic carbocycles. The second-order valence-electron chi connectivity index (χ2n) is 4.49. The fraction of sp³-hybridized carbons (Fsp3) is 0.615. The molecule has 0 saturated carbocycles. The van der Waals surface area contributed by atoms with Crippen molar-refractivity contribution < 1.29 is 0 Å². The van der Waals surface area contributed by atoms with Crippen LogP contribution < -0.4 is 0 Å². The Morgan fingerprint density at radius 2 is 2.00 bits per heavy atom. The van der Waals surface area contributed by atoms with Crippen LogP contribution in [0.15, 0.2) is 22.8 Å². The maximum Gasteiger partial charge on any atom is 0.0544 e. The summed E-state index contributed by atoms with van der Waals surface area (Å²) in [7, 11) is 4.24. The summed E-state index contributed by atoms with van der Waals surface area (Å²) in [6.07, 6.45) is 3.07. The standard InChI is InChI=1S/C13H22BrN3/c1-4-17(9-5-8-16(2)3)11-13-7-6-12(14)10-15-13/h6-7,10H,4-5,8-9,11H2,1-3H3. The molecule has 1 heterocycles. The quantitative estimate of drug-likeness (QED) is 0.771. The summed E-state index contributed by atoms with van der Waals surface area (Å²) in [5, 5.41) is 0. The van der Waals surface area contributed by atoms with Crippen LogP contribution in [0.5, 0.6) is 0 Å². The molecule has 17 heavy (non-hydrogen) atoms. The van der Waals surface area contributed by atoms with Crippen LogP contribution in [0, 0.1) is 0 Å². The Bertz CT molecular complexity index is 311. The molecule has 4 heteroatoms. The molecule has 96 valence electrons. The van der Waals surface area contributed by atoms with Gasteiger partial charge in [0, 0.05) is 17.2 Å². The molecule has 0 saturated heterocycles. The van der Waals surface area contributed by atoms with E-state index < -0.39 is 0 Å². The zero-order chi connectivity index (χ0) is 12.7. The van der Waals surface area contributed by atoms with Crippen LogP contribution in [0.25, 0.3) is 0 Å². The molecular weight excluding hydrogens is 278 g/mol. The highest BCUT2D eigenvalue weighted by Crippen LogP contribution is 2.09. The highest BCUT2D eigenvalue weighted by Gasteiger charge is 2.04. The van der Waals surface area contributed by atoms with E-state index in [4.69, 9.17) is 0 Å². The number of hydrogen-bond acceptors (Lipinski definition) is 3. The maximum atomic E-state index is 4.41. The predicted octanol–water partition coefficient (Wildman–Crippen LogP) is 2.62. The molecule has 0 aliphatic carbocycles. The number of aromatic nitrogens is 1. The molecule has 0 atom stereocenters. The molecule has 3 nitrogen and oxygen atoms in total. The first kappa shape index (κ1) is 14.6. The number of rotatable bonds is 7. The van der Waals surface area contributed by atoms with Crippen molar-refractivity contribution in [3.63, 3.8) is 0 Å². The van der Waals surface area contributed by atoms with Crippen molar-refractivity contribution in [1.29, 1.82) is 0 Å². The van der Waals surface area contributed by atoms with Gasteiger partial charge in [-0.2, -0.15) is 0 Å². The van der Waals surface area contributed by atoms with Gasteiger partial charge in [-0.05, 0) is 68.2 Å². The van der Waals surface area contributed by atoms with Gasteiger partial charge in [-0.3, -0.25) is 9.88 Å². The highest BCUT2D eigenvalue weighted by molar-refractivity contribution is 9.10. The van der Waals surface area contributed by atoms with E-state index in [9.17, 15) is 0 Å². The Kier molecular flexibility index (Phi) is 6.70. The van der Waals surface area contributed by atoms with E-state index in [-0.39, 0.29) is 0 Å². The molecule has 0 unspecified atom stereocenters. The number of hydrogen-bond donors (Lipinski definition) is 0. The fourth-order valence-electron chi connectivity index (χ4n) is 1.69. The monoisotopic (exact) mass is 299 g/mol. The van der Waals surface area contributed by atoms with Gasteiger partial charge in [-0.15, -0.1) is 0 Å². The van der Waals surface area contributed by atoms with Crippen molar-refractivity contribution in [3.8, 4) is 0 Å². The normalized spacial score (nSPS) is 11.4. The average Bonchev–Trinajstić information content (AvgIpc) is 2.30. The van der Waals surface area contributed by atoms with E-state index in [0.717, 1.165) is 36.3 Å². The molecule has 1 aromatic heterocycles. The number of nitrogens with zero attached hydrogens (tertiary/aromatic N) is 3. The Hall–Kier alpha value is -0.450. The maximum absolute atomic E-state index is 4.41. The van der Waals surface area contributed by atoms with Gasteiger partial charge in [0.15, 0.2) is 0 Å². The molecule has 0 amide bonds. The smallest absolute Gasteiger partial charge is 0.0544 e. The molecule has 0 aliphatic heterocycles. The first-order chi connectivity index (χ1) is 8.11. The first-order valence-electron chi connectivity index (χ1n) is 6.09. The van der Waals surface area contributed by atoms with E-state index in [1.54, 1.807) is 0 Å². The lowest BCUT2D eigenvalue weighted by Gasteiger charge is -2.21. The summed E-state index contributed by atoms with van der Waals surface area (Å²) in [6, 6.07) is 4.13. The van der Waals surface area contributed by atoms with Crippen molar-refractivity contribution in [3.05, 3.63) is 28.5 Å². The van der Waals surface area contributed by atoms with Crippen LogP contribution in [0.4, 0.5) is 0 Å². The molecule has 0 aliphatic rings. The third-order valence-electron chi connectivity index (χ3n) is 2.70. The highest BCUT2D eigenvalue weighted by atomic mass is 79.9.